The third-order valence-corrected chi connectivity index (χ3v) is 3.61. The Morgan fingerprint density at radius 3 is 2.43 bits per heavy atom. The summed E-state index contributed by atoms with van der Waals surface area (Å²) in [6.45, 7) is 2.31. The van der Waals surface area contributed by atoms with Crippen molar-refractivity contribution in [1.82, 2.24) is 9.80 Å². The van der Waals surface area contributed by atoms with Crippen LogP contribution in [0.1, 0.15) is 33.1 Å². The third-order valence-electron chi connectivity index (χ3n) is 3.61. The van der Waals surface area contributed by atoms with Gasteiger partial charge in [-0.05, 0) is 26.2 Å². The number of piperidine rings is 1. The molecule has 1 heterocycles. The number of amides is 2. The maximum Gasteiger partial charge on any atom is 0.406 e. The third kappa shape index (κ3) is 5.09. The minimum Gasteiger partial charge on any atom is -0.481 e. The van der Waals surface area contributed by atoms with Gasteiger partial charge in [0.15, 0.2) is 0 Å². The minimum atomic E-state index is -4.44. The number of rotatable bonds is 4. The molecular formula is C13H21F3N2O3. The highest BCUT2D eigenvalue weighted by atomic mass is 19.4. The highest BCUT2D eigenvalue weighted by Gasteiger charge is 2.38. The Kier molecular flexibility index (Phi) is 5.86. The molecular weight excluding hydrogens is 289 g/mol. The van der Waals surface area contributed by atoms with E-state index in [0.717, 1.165) is 4.90 Å². The van der Waals surface area contributed by atoms with E-state index in [9.17, 15) is 22.8 Å². The molecule has 1 saturated heterocycles. The van der Waals surface area contributed by atoms with Crippen LogP contribution in [0.5, 0.6) is 0 Å². The molecule has 0 aromatic heterocycles. The molecule has 2 amide bonds. The highest BCUT2D eigenvalue weighted by Crippen LogP contribution is 2.25. The summed E-state index contributed by atoms with van der Waals surface area (Å²) in [4.78, 5) is 25.3. The standard InChI is InChI=1S/C13H21F3N2O3/c1-3-5-17(8-13(14,15)16)12(21)18-6-4-10(11(19)20)7-9(18)2/h9-10H,3-8H2,1-2H3,(H,19,20). The van der Waals surface area contributed by atoms with E-state index in [1.54, 1.807) is 13.8 Å². The predicted molar refractivity (Wildman–Crippen MR) is 69.8 cm³/mol. The lowest BCUT2D eigenvalue weighted by Gasteiger charge is -2.39. The van der Waals surface area contributed by atoms with Gasteiger partial charge >= 0.3 is 18.2 Å². The van der Waals surface area contributed by atoms with Crippen LogP contribution in [0.15, 0.2) is 0 Å². The Labute approximate surface area is 121 Å². The molecule has 0 aromatic rings. The van der Waals surface area contributed by atoms with Gasteiger partial charge in [-0.1, -0.05) is 6.92 Å². The first kappa shape index (κ1) is 17.6. The van der Waals surface area contributed by atoms with Gasteiger partial charge in [-0.2, -0.15) is 13.2 Å². The first-order valence-electron chi connectivity index (χ1n) is 7.00. The molecule has 1 aliphatic heterocycles. The fourth-order valence-electron chi connectivity index (χ4n) is 2.59. The normalized spacial score (nSPS) is 23.0. The van der Waals surface area contributed by atoms with E-state index in [0.29, 0.717) is 6.42 Å². The van der Waals surface area contributed by atoms with Crippen LogP contribution in [0, 0.1) is 5.92 Å². The van der Waals surface area contributed by atoms with Crippen molar-refractivity contribution in [3.05, 3.63) is 0 Å². The van der Waals surface area contributed by atoms with E-state index in [1.165, 1.54) is 4.90 Å². The monoisotopic (exact) mass is 310 g/mol. The summed E-state index contributed by atoms with van der Waals surface area (Å²) < 4.78 is 37.6. The number of alkyl halides is 3. The SMILES string of the molecule is CCCN(CC(F)(F)F)C(=O)N1CCC(C(=O)O)CC1C. The van der Waals surface area contributed by atoms with E-state index in [2.05, 4.69) is 0 Å². The second kappa shape index (κ2) is 7.00. The molecule has 0 aromatic carbocycles. The zero-order valence-electron chi connectivity index (χ0n) is 12.2. The molecule has 8 heteroatoms. The lowest BCUT2D eigenvalue weighted by Crippen LogP contribution is -2.53. The minimum absolute atomic E-state index is 0.0317. The molecule has 5 nitrogen and oxygen atoms in total. The molecule has 0 saturated carbocycles. The summed E-state index contributed by atoms with van der Waals surface area (Å²) >= 11 is 0. The van der Waals surface area contributed by atoms with Crippen LogP contribution in [0.25, 0.3) is 0 Å². The predicted octanol–water partition coefficient (Wildman–Crippen LogP) is 2.57. The van der Waals surface area contributed by atoms with Gasteiger partial charge in [0.05, 0.1) is 5.92 Å². The largest absolute Gasteiger partial charge is 0.481 e. The molecule has 0 bridgehead atoms. The number of aliphatic carboxylic acids is 1. The van der Waals surface area contributed by atoms with Crippen LogP contribution in [0.2, 0.25) is 0 Å². The summed E-state index contributed by atoms with van der Waals surface area (Å²) in [7, 11) is 0. The van der Waals surface area contributed by atoms with Crippen LogP contribution < -0.4 is 0 Å². The number of nitrogens with zero attached hydrogens (tertiary/aromatic N) is 2. The molecule has 122 valence electrons. The zero-order chi connectivity index (χ0) is 16.2. The maximum absolute atomic E-state index is 12.5. The van der Waals surface area contributed by atoms with Crippen molar-refractivity contribution in [3.8, 4) is 0 Å². The van der Waals surface area contributed by atoms with E-state index >= 15 is 0 Å². The van der Waals surface area contributed by atoms with Gasteiger partial charge in [-0.25, -0.2) is 4.79 Å². The van der Waals surface area contributed by atoms with Crippen molar-refractivity contribution in [1.29, 1.82) is 0 Å². The van der Waals surface area contributed by atoms with Crippen LogP contribution in [0.4, 0.5) is 18.0 Å². The lowest BCUT2D eigenvalue weighted by molar-refractivity contribution is -0.144. The van der Waals surface area contributed by atoms with E-state index in [1.807, 2.05) is 0 Å². The lowest BCUT2D eigenvalue weighted by atomic mass is 9.92. The van der Waals surface area contributed by atoms with Crippen molar-refractivity contribution in [2.45, 2.75) is 45.3 Å². The van der Waals surface area contributed by atoms with Crippen molar-refractivity contribution >= 4 is 12.0 Å². The van der Waals surface area contributed by atoms with Gasteiger partial charge < -0.3 is 14.9 Å². The van der Waals surface area contributed by atoms with Crippen molar-refractivity contribution in [2.24, 2.45) is 5.92 Å². The molecule has 0 spiro atoms. The molecule has 1 N–H and O–H groups in total. The fraction of sp³-hybridized carbons (Fsp3) is 0.846. The van der Waals surface area contributed by atoms with E-state index in [4.69, 9.17) is 5.11 Å². The number of carbonyl (C=O) groups is 2. The number of hydrogen-bond acceptors (Lipinski definition) is 2. The molecule has 1 fully saturated rings. The number of halogens is 3. The summed E-state index contributed by atoms with van der Waals surface area (Å²) in [5, 5.41) is 8.96. The average Bonchev–Trinajstić information content (AvgIpc) is 2.35. The molecule has 0 aliphatic carbocycles. The summed E-state index contributed by atoms with van der Waals surface area (Å²) in [5.41, 5.74) is 0. The number of likely N-dealkylation sites (tertiary alicyclic amines) is 1. The summed E-state index contributed by atoms with van der Waals surface area (Å²) in [6.07, 6.45) is -3.46. The zero-order valence-corrected chi connectivity index (χ0v) is 12.2. The average molecular weight is 310 g/mol. The van der Waals surface area contributed by atoms with E-state index < -0.39 is 30.6 Å². The van der Waals surface area contributed by atoms with Gasteiger partial charge in [0.2, 0.25) is 0 Å². The van der Waals surface area contributed by atoms with E-state index in [-0.39, 0.29) is 32.0 Å². The van der Waals surface area contributed by atoms with Crippen molar-refractivity contribution in [3.63, 3.8) is 0 Å². The van der Waals surface area contributed by atoms with Gasteiger partial charge in [0, 0.05) is 19.1 Å². The fourth-order valence-corrected chi connectivity index (χ4v) is 2.59. The number of hydrogen-bond donors (Lipinski definition) is 1. The Hall–Kier alpha value is -1.47. The molecule has 1 rings (SSSR count). The van der Waals surface area contributed by atoms with Crippen LogP contribution in [-0.4, -0.2) is 58.8 Å². The molecule has 2 unspecified atom stereocenters. The van der Waals surface area contributed by atoms with Gasteiger partial charge in [0.1, 0.15) is 6.54 Å². The first-order valence-corrected chi connectivity index (χ1v) is 7.00. The smallest absolute Gasteiger partial charge is 0.406 e. The Morgan fingerprint density at radius 2 is 2.00 bits per heavy atom. The second-order valence-electron chi connectivity index (χ2n) is 5.42. The molecule has 0 radical (unpaired) electrons. The summed E-state index contributed by atoms with van der Waals surface area (Å²) in [5.74, 6) is -1.46. The van der Waals surface area contributed by atoms with Gasteiger partial charge in [-0.3, -0.25) is 4.79 Å². The Bertz CT molecular complexity index is 387. The number of carbonyl (C=O) groups excluding carboxylic acids is 1. The molecule has 21 heavy (non-hydrogen) atoms. The second-order valence-corrected chi connectivity index (χ2v) is 5.42. The quantitative estimate of drug-likeness (QED) is 0.868. The number of carboxylic acids is 1. The number of urea groups is 1. The highest BCUT2D eigenvalue weighted by molar-refractivity contribution is 5.76. The van der Waals surface area contributed by atoms with Gasteiger partial charge in [0.25, 0.3) is 0 Å². The topological polar surface area (TPSA) is 60.9 Å². The van der Waals surface area contributed by atoms with Crippen LogP contribution in [0.3, 0.4) is 0 Å². The van der Waals surface area contributed by atoms with Gasteiger partial charge in [-0.15, -0.1) is 0 Å². The van der Waals surface area contributed by atoms with Crippen LogP contribution in [-0.2, 0) is 4.79 Å². The van der Waals surface area contributed by atoms with Crippen molar-refractivity contribution < 1.29 is 27.9 Å². The Balaban J connectivity index is 2.73. The molecule has 2 atom stereocenters. The first-order chi connectivity index (χ1) is 9.65. The Morgan fingerprint density at radius 1 is 1.38 bits per heavy atom. The number of carboxylic acid groups (broad SMARTS) is 1. The van der Waals surface area contributed by atoms with Crippen LogP contribution >= 0.6 is 0 Å². The maximum atomic E-state index is 12.5. The molecule has 1 aliphatic rings. The summed E-state index contributed by atoms with van der Waals surface area (Å²) in [6, 6.07) is -1.04. The van der Waals surface area contributed by atoms with Crippen molar-refractivity contribution in [2.75, 3.05) is 19.6 Å².